The van der Waals surface area contributed by atoms with Crippen LogP contribution < -0.4 is 5.73 Å². The third-order valence-electron chi connectivity index (χ3n) is 2.74. The summed E-state index contributed by atoms with van der Waals surface area (Å²) in [6.45, 7) is 0. The summed E-state index contributed by atoms with van der Waals surface area (Å²) in [6.07, 6.45) is 0.233. The first-order chi connectivity index (χ1) is 6.46. The lowest BCUT2D eigenvalue weighted by molar-refractivity contribution is -0.145. The number of carbonyl (C=O) groups is 1. The molecule has 1 aliphatic rings. The van der Waals surface area contributed by atoms with E-state index in [-0.39, 0.29) is 18.8 Å². The van der Waals surface area contributed by atoms with E-state index in [2.05, 4.69) is 4.74 Å². The van der Waals surface area contributed by atoms with Gasteiger partial charge in [-0.3, -0.25) is 4.79 Å². The van der Waals surface area contributed by atoms with Gasteiger partial charge in [0.1, 0.15) is 6.04 Å². The summed E-state index contributed by atoms with van der Waals surface area (Å²) >= 11 is 0. The van der Waals surface area contributed by atoms with E-state index in [1.165, 1.54) is 7.11 Å². The van der Waals surface area contributed by atoms with Gasteiger partial charge in [-0.25, -0.2) is 8.78 Å². The summed E-state index contributed by atoms with van der Waals surface area (Å²) in [5, 5.41) is 0. The number of methoxy groups -OCH3 is 1. The highest BCUT2D eigenvalue weighted by Gasteiger charge is 2.38. The van der Waals surface area contributed by atoms with Crippen LogP contribution in [0.15, 0.2) is 0 Å². The fourth-order valence-electron chi connectivity index (χ4n) is 1.75. The van der Waals surface area contributed by atoms with E-state index in [9.17, 15) is 13.6 Å². The molecule has 1 rings (SSSR count). The third kappa shape index (κ3) is 2.64. The minimum atomic E-state index is -2.58. The zero-order valence-corrected chi connectivity index (χ0v) is 8.13. The summed E-state index contributed by atoms with van der Waals surface area (Å²) in [6, 6.07) is -0.754. The van der Waals surface area contributed by atoms with Gasteiger partial charge >= 0.3 is 5.97 Å². The molecule has 5 heteroatoms. The van der Waals surface area contributed by atoms with Crippen LogP contribution in [0, 0.1) is 5.92 Å². The fourth-order valence-corrected chi connectivity index (χ4v) is 1.75. The van der Waals surface area contributed by atoms with Gasteiger partial charge in [-0.05, 0) is 18.8 Å². The molecule has 1 atom stereocenters. The van der Waals surface area contributed by atoms with E-state index >= 15 is 0 Å². The summed E-state index contributed by atoms with van der Waals surface area (Å²) in [4.78, 5) is 11.0. The van der Waals surface area contributed by atoms with E-state index in [4.69, 9.17) is 5.73 Å². The summed E-state index contributed by atoms with van der Waals surface area (Å²) in [7, 11) is 1.25. The average Bonchev–Trinajstić information content (AvgIpc) is 2.15. The lowest BCUT2D eigenvalue weighted by Crippen LogP contribution is -2.42. The highest BCUT2D eigenvalue weighted by molar-refractivity contribution is 5.75. The van der Waals surface area contributed by atoms with Crippen molar-refractivity contribution in [3.63, 3.8) is 0 Å². The third-order valence-corrected chi connectivity index (χ3v) is 2.74. The first-order valence-electron chi connectivity index (χ1n) is 4.67. The molecule has 0 aromatic heterocycles. The minimum absolute atomic E-state index is 0.165. The number of esters is 1. The Balaban J connectivity index is 2.45. The molecule has 2 N–H and O–H groups in total. The number of rotatable bonds is 2. The summed E-state index contributed by atoms with van der Waals surface area (Å²) < 4.78 is 30.0. The van der Waals surface area contributed by atoms with E-state index in [1.54, 1.807) is 0 Å². The van der Waals surface area contributed by atoms with Gasteiger partial charge in [0.15, 0.2) is 0 Å². The van der Waals surface area contributed by atoms with Crippen molar-refractivity contribution >= 4 is 5.97 Å². The van der Waals surface area contributed by atoms with Crippen molar-refractivity contribution < 1.29 is 18.3 Å². The van der Waals surface area contributed by atoms with Gasteiger partial charge in [-0.1, -0.05) is 0 Å². The van der Waals surface area contributed by atoms with Gasteiger partial charge in [0.2, 0.25) is 5.92 Å². The molecule has 82 valence electrons. The molecule has 3 nitrogen and oxygen atoms in total. The quantitative estimate of drug-likeness (QED) is 0.694. The largest absolute Gasteiger partial charge is 0.468 e. The molecular formula is C9H15F2NO2. The van der Waals surface area contributed by atoms with Crippen molar-refractivity contribution in [1.82, 2.24) is 0 Å². The number of alkyl halides is 2. The van der Waals surface area contributed by atoms with Gasteiger partial charge in [0.25, 0.3) is 0 Å². The smallest absolute Gasteiger partial charge is 0.322 e. The highest BCUT2D eigenvalue weighted by atomic mass is 19.3. The SMILES string of the molecule is COC(=O)[C@H](N)C1CCC(F)(F)CC1. The van der Waals surface area contributed by atoms with Crippen LogP contribution >= 0.6 is 0 Å². The van der Waals surface area contributed by atoms with Crippen molar-refractivity contribution in [2.24, 2.45) is 11.7 Å². The van der Waals surface area contributed by atoms with Crippen LogP contribution in [-0.4, -0.2) is 25.0 Å². The number of hydrogen-bond acceptors (Lipinski definition) is 3. The summed E-state index contributed by atoms with van der Waals surface area (Å²) in [5.41, 5.74) is 5.57. The van der Waals surface area contributed by atoms with E-state index in [1.807, 2.05) is 0 Å². The number of halogens is 2. The van der Waals surface area contributed by atoms with Gasteiger partial charge in [0.05, 0.1) is 7.11 Å². The minimum Gasteiger partial charge on any atom is -0.468 e. The second-order valence-electron chi connectivity index (χ2n) is 3.74. The second kappa shape index (κ2) is 4.21. The molecule has 0 radical (unpaired) electrons. The van der Waals surface area contributed by atoms with E-state index in [0.29, 0.717) is 12.8 Å². The van der Waals surface area contributed by atoms with Crippen molar-refractivity contribution in [1.29, 1.82) is 0 Å². The Hall–Kier alpha value is -0.710. The van der Waals surface area contributed by atoms with Crippen LogP contribution in [0.5, 0.6) is 0 Å². The lowest BCUT2D eigenvalue weighted by Gasteiger charge is -2.30. The van der Waals surface area contributed by atoms with Crippen LogP contribution in [0.3, 0.4) is 0 Å². The number of nitrogens with two attached hydrogens (primary N) is 1. The monoisotopic (exact) mass is 207 g/mol. The van der Waals surface area contributed by atoms with Crippen LogP contribution in [0.4, 0.5) is 8.78 Å². The van der Waals surface area contributed by atoms with Gasteiger partial charge < -0.3 is 10.5 Å². The average molecular weight is 207 g/mol. The normalized spacial score (nSPS) is 24.3. The molecule has 14 heavy (non-hydrogen) atoms. The Kier molecular flexibility index (Phi) is 3.42. The molecular weight excluding hydrogens is 192 g/mol. The van der Waals surface area contributed by atoms with Gasteiger partial charge in [-0.2, -0.15) is 0 Å². The first-order valence-corrected chi connectivity index (χ1v) is 4.67. The van der Waals surface area contributed by atoms with Gasteiger partial charge in [-0.15, -0.1) is 0 Å². The van der Waals surface area contributed by atoms with Crippen LogP contribution in [0.1, 0.15) is 25.7 Å². The predicted molar refractivity (Wildman–Crippen MR) is 46.9 cm³/mol. The molecule has 0 spiro atoms. The van der Waals surface area contributed by atoms with Crippen LogP contribution in [0.25, 0.3) is 0 Å². The Morgan fingerprint density at radius 3 is 2.43 bits per heavy atom. The Labute approximate surface area is 81.6 Å². The molecule has 0 unspecified atom stereocenters. The van der Waals surface area contributed by atoms with Crippen molar-refractivity contribution in [3.05, 3.63) is 0 Å². The molecule has 0 bridgehead atoms. The molecule has 1 fully saturated rings. The van der Waals surface area contributed by atoms with Crippen molar-refractivity contribution in [3.8, 4) is 0 Å². The maximum absolute atomic E-state index is 12.8. The maximum atomic E-state index is 12.8. The predicted octanol–water partition coefficient (Wildman–Crippen LogP) is 1.31. The molecule has 0 saturated heterocycles. The molecule has 0 aromatic carbocycles. The first kappa shape index (κ1) is 11.4. The standard InChI is InChI=1S/C9H15F2NO2/c1-14-8(13)7(12)6-2-4-9(10,11)5-3-6/h6-7H,2-5,12H2,1H3/t7-/m1/s1. The highest BCUT2D eigenvalue weighted by Crippen LogP contribution is 2.37. The Morgan fingerprint density at radius 1 is 1.50 bits per heavy atom. The van der Waals surface area contributed by atoms with Crippen molar-refractivity contribution in [2.45, 2.75) is 37.6 Å². The van der Waals surface area contributed by atoms with Crippen molar-refractivity contribution in [2.75, 3.05) is 7.11 Å². The van der Waals surface area contributed by atoms with Crippen LogP contribution in [-0.2, 0) is 9.53 Å². The van der Waals surface area contributed by atoms with E-state index < -0.39 is 17.9 Å². The maximum Gasteiger partial charge on any atom is 0.322 e. The Bertz CT molecular complexity index is 211. The fraction of sp³-hybridized carbons (Fsp3) is 0.889. The molecule has 1 saturated carbocycles. The lowest BCUT2D eigenvalue weighted by atomic mass is 9.82. The molecule has 0 amide bonds. The molecule has 0 heterocycles. The molecule has 0 aromatic rings. The van der Waals surface area contributed by atoms with Crippen LogP contribution in [0.2, 0.25) is 0 Å². The number of carbonyl (C=O) groups excluding carboxylic acids is 1. The summed E-state index contributed by atoms with van der Waals surface area (Å²) in [5.74, 6) is -3.26. The zero-order chi connectivity index (χ0) is 10.8. The number of hydrogen-bond donors (Lipinski definition) is 1. The molecule has 1 aliphatic carbocycles. The second-order valence-corrected chi connectivity index (χ2v) is 3.74. The number of ether oxygens (including phenoxy) is 1. The van der Waals surface area contributed by atoms with E-state index in [0.717, 1.165) is 0 Å². The Morgan fingerprint density at radius 2 is 2.00 bits per heavy atom. The van der Waals surface area contributed by atoms with Gasteiger partial charge in [0, 0.05) is 12.8 Å². The molecule has 0 aliphatic heterocycles. The topological polar surface area (TPSA) is 52.3 Å². The zero-order valence-electron chi connectivity index (χ0n) is 8.13.